The molecule has 0 amide bonds. The van der Waals surface area contributed by atoms with Crippen LogP contribution in [0.15, 0.2) is 24.3 Å². The zero-order valence-electron chi connectivity index (χ0n) is 7.36. The van der Waals surface area contributed by atoms with Gasteiger partial charge in [0.1, 0.15) is 0 Å². The summed E-state index contributed by atoms with van der Waals surface area (Å²) in [4.78, 5) is 0. The van der Waals surface area contributed by atoms with Crippen molar-refractivity contribution in [1.82, 2.24) is 0 Å². The van der Waals surface area contributed by atoms with E-state index in [4.69, 9.17) is 5.02 Å². The molecule has 0 heterocycles. The van der Waals surface area contributed by atoms with Gasteiger partial charge in [0.25, 0.3) is 0 Å². The van der Waals surface area contributed by atoms with Crippen LogP contribution in [0.3, 0.4) is 0 Å². The highest BCUT2D eigenvalue weighted by molar-refractivity contribution is 8.10. The lowest BCUT2D eigenvalue weighted by Crippen LogP contribution is -2.23. The molecule has 0 atom stereocenters. The molecule has 0 radical (unpaired) electrons. The Balaban J connectivity index is 2.86. The SMILES string of the molecule is CC(C)c1ccc(B(O)S)cc1. The van der Waals surface area contributed by atoms with E-state index in [1.807, 2.05) is 24.3 Å². The van der Waals surface area contributed by atoms with Crippen molar-refractivity contribution >= 4 is 24.1 Å². The van der Waals surface area contributed by atoms with Gasteiger partial charge in [0.2, 0.25) is 0 Å². The van der Waals surface area contributed by atoms with Gasteiger partial charge in [-0.1, -0.05) is 38.1 Å². The molecular formula is C9H13BOS. The van der Waals surface area contributed by atoms with E-state index in [-0.39, 0.29) is 0 Å². The lowest BCUT2D eigenvalue weighted by atomic mass is 9.85. The Morgan fingerprint density at radius 1 is 1.25 bits per heavy atom. The monoisotopic (exact) mass is 180 g/mol. The Hall–Kier alpha value is -0.405. The van der Waals surface area contributed by atoms with Gasteiger partial charge in [-0.15, -0.1) is 0 Å². The van der Waals surface area contributed by atoms with Crippen LogP contribution in [0, 0.1) is 0 Å². The summed E-state index contributed by atoms with van der Waals surface area (Å²) < 4.78 is 0. The summed E-state index contributed by atoms with van der Waals surface area (Å²) in [7, 11) is 0. The van der Waals surface area contributed by atoms with Gasteiger partial charge in [-0.05, 0) is 16.9 Å². The highest BCUT2D eigenvalue weighted by Gasteiger charge is 2.07. The van der Waals surface area contributed by atoms with Gasteiger partial charge in [0.15, 0.2) is 0 Å². The van der Waals surface area contributed by atoms with Crippen LogP contribution >= 0.6 is 12.5 Å². The average molecular weight is 180 g/mol. The van der Waals surface area contributed by atoms with Crippen molar-refractivity contribution in [2.75, 3.05) is 0 Å². The highest BCUT2D eigenvalue weighted by atomic mass is 32.1. The van der Waals surface area contributed by atoms with Crippen LogP contribution in [0.1, 0.15) is 25.3 Å². The maximum Gasteiger partial charge on any atom is 0.390 e. The van der Waals surface area contributed by atoms with E-state index in [1.165, 1.54) is 5.56 Å². The molecule has 1 nitrogen and oxygen atoms in total. The van der Waals surface area contributed by atoms with Crippen LogP contribution in [-0.4, -0.2) is 11.2 Å². The van der Waals surface area contributed by atoms with Crippen molar-refractivity contribution in [2.24, 2.45) is 0 Å². The summed E-state index contributed by atoms with van der Waals surface area (Å²) in [5, 5.41) is 9.12. The molecule has 0 bridgehead atoms. The minimum atomic E-state index is -0.661. The zero-order chi connectivity index (χ0) is 9.14. The fraction of sp³-hybridized carbons (Fsp3) is 0.333. The third-order valence-electron chi connectivity index (χ3n) is 1.90. The smallest absolute Gasteiger partial charge is 0.390 e. The lowest BCUT2D eigenvalue weighted by Gasteiger charge is -2.06. The minimum absolute atomic E-state index is 0.538. The number of hydrogen-bond acceptors (Lipinski definition) is 2. The van der Waals surface area contributed by atoms with Crippen LogP contribution in [0.4, 0.5) is 0 Å². The number of thiol groups is 1. The molecule has 1 aromatic carbocycles. The first-order valence-electron chi connectivity index (χ1n) is 4.07. The highest BCUT2D eigenvalue weighted by Crippen LogP contribution is 2.11. The van der Waals surface area contributed by atoms with E-state index in [0.717, 1.165) is 5.46 Å². The van der Waals surface area contributed by atoms with Crippen LogP contribution in [0.25, 0.3) is 0 Å². The van der Waals surface area contributed by atoms with Crippen molar-refractivity contribution in [1.29, 1.82) is 0 Å². The van der Waals surface area contributed by atoms with Gasteiger partial charge >= 0.3 is 6.19 Å². The first-order chi connectivity index (χ1) is 5.61. The van der Waals surface area contributed by atoms with Crippen LogP contribution in [0.5, 0.6) is 0 Å². The molecule has 0 unspecified atom stereocenters. The molecule has 0 saturated heterocycles. The zero-order valence-corrected chi connectivity index (χ0v) is 8.25. The summed E-state index contributed by atoms with van der Waals surface area (Å²) >= 11 is 3.93. The summed E-state index contributed by atoms with van der Waals surface area (Å²) in [6.45, 7) is 4.29. The molecule has 0 aliphatic rings. The Bertz CT molecular complexity index is 216. The second kappa shape index (κ2) is 4.01. The predicted molar refractivity (Wildman–Crippen MR) is 57.1 cm³/mol. The van der Waals surface area contributed by atoms with Crippen LogP contribution in [0.2, 0.25) is 0 Å². The summed E-state index contributed by atoms with van der Waals surface area (Å²) in [5.41, 5.74) is 2.13. The van der Waals surface area contributed by atoms with E-state index in [2.05, 4.69) is 26.3 Å². The number of rotatable bonds is 2. The first-order valence-corrected chi connectivity index (χ1v) is 4.59. The molecule has 1 N–H and O–H groups in total. The number of hydrogen-bond donors (Lipinski definition) is 2. The molecular weight excluding hydrogens is 167 g/mol. The lowest BCUT2D eigenvalue weighted by molar-refractivity contribution is 0.609. The maximum atomic E-state index is 9.12. The largest absolute Gasteiger partial charge is 0.438 e. The van der Waals surface area contributed by atoms with Crippen LogP contribution in [-0.2, 0) is 0 Å². The third-order valence-corrected chi connectivity index (χ3v) is 2.20. The Morgan fingerprint density at radius 3 is 2.08 bits per heavy atom. The molecule has 1 aromatic rings. The van der Waals surface area contributed by atoms with Crippen LogP contribution < -0.4 is 5.46 Å². The van der Waals surface area contributed by atoms with Gasteiger partial charge < -0.3 is 5.02 Å². The Labute approximate surface area is 79.2 Å². The number of benzene rings is 1. The molecule has 3 heteroatoms. The van der Waals surface area contributed by atoms with Crippen molar-refractivity contribution in [3.8, 4) is 0 Å². The molecule has 0 aliphatic heterocycles. The van der Waals surface area contributed by atoms with E-state index >= 15 is 0 Å². The second-order valence-corrected chi connectivity index (χ2v) is 3.68. The summed E-state index contributed by atoms with van der Waals surface area (Å²) in [6.07, 6.45) is -0.661. The molecule has 0 saturated carbocycles. The van der Waals surface area contributed by atoms with E-state index in [1.54, 1.807) is 0 Å². The van der Waals surface area contributed by atoms with Gasteiger partial charge in [-0.3, -0.25) is 0 Å². The third kappa shape index (κ3) is 2.29. The van der Waals surface area contributed by atoms with E-state index in [9.17, 15) is 0 Å². The minimum Gasteiger partial charge on any atom is -0.438 e. The summed E-state index contributed by atoms with van der Waals surface area (Å²) in [6, 6.07) is 7.87. The molecule has 0 aliphatic carbocycles. The average Bonchev–Trinajstić information content (AvgIpc) is 2.04. The fourth-order valence-electron chi connectivity index (χ4n) is 1.05. The van der Waals surface area contributed by atoms with Gasteiger partial charge in [0.05, 0.1) is 0 Å². The molecule has 1 rings (SSSR count). The fourth-order valence-corrected chi connectivity index (χ4v) is 1.23. The van der Waals surface area contributed by atoms with Crippen molar-refractivity contribution in [3.05, 3.63) is 29.8 Å². The Morgan fingerprint density at radius 2 is 1.75 bits per heavy atom. The molecule has 12 heavy (non-hydrogen) atoms. The maximum absolute atomic E-state index is 9.12. The summed E-state index contributed by atoms with van der Waals surface area (Å²) in [5.74, 6) is 0.538. The molecule has 0 fully saturated rings. The first kappa shape index (κ1) is 9.68. The van der Waals surface area contributed by atoms with Crippen molar-refractivity contribution in [2.45, 2.75) is 19.8 Å². The molecule has 0 spiro atoms. The van der Waals surface area contributed by atoms with Crippen molar-refractivity contribution < 1.29 is 5.02 Å². The van der Waals surface area contributed by atoms with Crippen molar-refractivity contribution in [3.63, 3.8) is 0 Å². The van der Waals surface area contributed by atoms with Gasteiger partial charge in [-0.25, -0.2) is 0 Å². The standard InChI is InChI=1S/C9H13BOS/c1-7(2)8-3-5-9(6-4-8)10(11)12/h3-7,11-12H,1-2H3. The molecule has 64 valence electrons. The Kier molecular flexibility index (Phi) is 3.24. The van der Waals surface area contributed by atoms with E-state index in [0.29, 0.717) is 5.92 Å². The second-order valence-electron chi connectivity index (χ2n) is 3.20. The van der Waals surface area contributed by atoms with E-state index < -0.39 is 6.19 Å². The molecule has 0 aromatic heterocycles. The van der Waals surface area contributed by atoms with Gasteiger partial charge in [-0.2, -0.15) is 12.5 Å². The quantitative estimate of drug-likeness (QED) is 0.521. The van der Waals surface area contributed by atoms with Gasteiger partial charge in [0, 0.05) is 0 Å². The topological polar surface area (TPSA) is 20.2 Å². The normalized spacial score (nSPS) is 10.4. The predicted octanol–water partition coefficient (Wildman–Crippen LogP) is 1.43.